The van der Waals surface area contributed by atoms with E-state index in [1.807, 2.05) is 0 Å². The van der Waals surface area contributed by atoms with Crippen LogP contribution >= 0.6 is 0 Å². The highest BCUT2D eigenvalue weighted by Crippen LogP contribution is 2.09. The molecular weight excluding hydrogens is 276 g/mol. The molecule has 0 unspecified atom stereocenters. The third-order valence-electron chi connectivity index (χ3n) is 2.72. The normalized spacial score (nSPS) is 11.6. The van der Waals surface area contributed by atoms with Gasteiger partial charge in [-0.15, -0.1) is 0 Å². The molecule has 0 saturated carbocycles. The van der Waals surface area contributed by atoms with Crippen molar-refractivity contribution in [2.24, 2.45) is 0 Å². The molecule has 21 heavy (non-hydrogen) atoms. The maximum absolute atomic E-state index is 11.7. The van der Waals surface area contributed by atoms with Gasteiger partial charge in [0, 0.05) is 6.42 Å². The number of unbranched alkanes of at least 4 members (excludes halogenated alkanes) is 3. The molecule has 0 spiro atoms. The largest absolute Gasteiger partial charge is 0.466 e. The van der Waals surface area contributed by atoms with Gasteiger partial charge in [-0.1, -0.05) is 26.2 Å². The number of carbonyl (C=O) groups is 3. The Balaban J connectivity index is 4.34. The monoisotopic (exact) mass is 302 g/mol. The highest BCUT2D eigenvalue weighted by atomic mass is 16.6. The van der Waals surface area contributed by atoms with Crippen LogP contribution in [0.15, 0.2) is 0 Å². The SMILES string of the molecule is CCCCCCC(=O)O[C@@H](CC(=O)OCC)C(=O)OCC. The van der Waals surface area contributed by atoms with Crippen molar-refractivity contribution in [3.63, 3.8) is 0 Å². The molecule has 0 aromatic heterocycles. The summed E-state index contributed by atoms with van der Waals surface area (Å²) in [5.41, 5.74) is 0. The predicted octanol–water partition coefficient (Wildman–Crippen LogP) is 2.38. The van der Waals surface area contributed by atoms with Crippen LogP contribution in [0.1, 0.15) is 59.3 Å². The van der Waals surface area contributed by atoms with Crippen molar-refractivity contribution in [3.8, 4) is 0 Å². The first-order valence-corrected chi connectivity index (χ1v) is 7.56. The van der Waals surface area contributed by atoms with E-state index in [-0.39, 0.29) is 26.1 Å². The minimum Gasteiger partial charge on any atom is -0.466 e. The first-order chi connectivity index (χ1) is 10.0. The van der Waals surface area contributed by atoms with Crippen LogP contribution in [0.25, 0.3) is 0 Å². The predicted molar refractivity (Wildman–Crippen MR) is 76.5 cm³/mol. The molecule has 122 valence electrons. The summed E-state index contributed by atoms with van der Waals surface area (Å²) in [7, 11) is 0. The van der Waals surface area contributed by atoms with Gasteiger partial charge in [0.25, 0.3) is 0 Å². The molecule has 6 heteroatoms. The number of ether oxygens (including phenoxy) is 3. The Hall–Kier alpha value is -1.59. The van der Waals surface area contributed by atoms with Crippen molar-refractivity contribution in [2.75, 3.05) is 13.2 Å². The van der Waals surface area contributed by atoms with Crippen molar-refractivity contribution in [2.45, 2.75) is 65.4 Å². The Morgan fingerprint density at radius 3 is 2.10 bits per heavy atom. The molecule has 0 radical (unpaired) electrons. The molecule has 0 saturated heterocycles. The molecule has 0 amide bonds. The van der Waals surface area contributed by atoms with Gasteiger partial charge >= 0.3 is 17.9 Å². The van der Waals surface area contributed by atoms with E-state index < -0.39 is 24.0 Å². The summed E-state index contributed by atoms with van der Waals surface area (Å²) >= 11 is 0. The molecule has 0 aromatic rings. The van der Waals surface area contributed by atoms with Gasteiger partial charge in [0.1, 0.15) is 0 Å². The summed E-state index contributed by atoms with van der Waals surface area (Å²) in [4.78, 5) is 34.8. The van der Waals surface area contributed by atoms with Crippen LogP contribution in [0, 0.1) is 0 Å². The second-order valence-electron chi connectivity index (χ2n) is 4.55. The van der Waals surface area contributed by atoms with Crippen LogP contribution in [0.4, 0.5) is 0 Å². The third-order valence-corrected chi connectivity index (χ3v) is 2.72. The Morgan fingerprint density at radius 2 is 1.52 bits per heavy atom. The molecular formula is C15H26O6. The fourth-order valence-corrected chi connectivity index (χ4v) is 1.69. The van der Waals surface area contributed by atoms with Crippen LogP contribution in [0.3, 0.4) is 0 Å². The molecule has 6 nitrogen and oxygen atoms in total. The first-order valence-electron chi connectivity index (χ1n) is 7.56. The number of rotatable bonds is 11. The summed E-state index contributed by atoms with van der Waals surface area (Å²) < 4.78 is 14.6. The van der Waals surface area contributed by atoms with E-state index in [0.717, 1.165) is 19.3 Å². The second-order valence-corrected chi connectivity index (χ2v) is 4.55. The number of carbonyl (C=O) groups excluding carboxylic acids is 3. The maximum Gasteiger partial charge on any atom is 0.348 e. The zero-order chi connectivity index (χ0) is 16.1. The molecule has 0 N–H and O–H groups in total. The topological polar surface area (TPSA) is 78.9 Å². The highest BCUT2D eigenvalue weighted by Gasteiger charge is 2.27. The average Bonchev–Trinajstić information content (AvgIpc) is 2.43. The Labute approximate surface area is 126 Å². The molecule has 0 aliphatic rings. The highest BCUT2D eigenvalue weighted by molar-refractivity contribution is 5.84. The minimum absolute atomic E-state index is 0.159. The van der Waals surface area contributed by atoms with E-state index in [1.165, 1.54) is 0 Å². The lowest BCUT2D eigenvalue weighted by atomic mass is 10.1. The lowest BCUT2D eigenvalue weighted by Crippen LogP contribution is -2.32. The molecule has 1 atom stereocenters. The van der Waals surface area contributed by atoms with E-state index in [4.69, 9.17) is 14.2 Å². The molecule has 0 fully saturated rings. The van der Waals surface area contributed by atoms with Crippen LogP contribution < -0.4 is 0 Å². The van der Waals surface area contributed by atoms with Gasteiger partial charge in [-0.2, -0.15) is 0 Å². The van der Waals surface area contributed by atoms with Crippen LogP contribution in [-0.4, -0.2) is 37.2 Å². The summed E-state index contributed by atoms with van der Waals surface area (Å²) in [6, 6.07) is 0. The second kappa shape index (κ2) is 12.2. The Bertz CT molecular complexity index is 326. The fraction of sp³-hybridized carbons (Fsp3) is 0.800. The third kappa shape index (κ3) is 9.87. The summed E-state index contributed by atoms with van der Waals surface area (Å²) in [5.74, 6) is -1.80. The molecule has 0 aliphatic carbocycles. The van der Waals surface area contributed by atoms with Crippen LogP contribution in [0.5, 0.6) is 0 Å². The van der Waals surface area contributed by atoms with Crippen molar-refractivity contribution in [1.29, 1.82) is 0 Å². The van der Waals surface area contributed by atoms with E-state index in [2.05, 4.69) is 6.92 Å². The van der Waals surface area contributed by atoms with Gasteiger partial charge in [0.05, 0.1) is 19.6 Å². The van der Waals surface area contributed by atoms with Crippen molar-refractivity contribution >= 4 is 17.9 Å². The summed E-state index contributed by atoms with van der Waals surface area (Å²) in [5, 5.41) is 0. The standard InChI is InChI=1S/C15H26O6/c1-4-7-8-9-10-13(16)21-12(15(18)20-6-3)11-14(17)19-5-2/h12H,4-11H2,1-3H3/t12-/m0/s1. The van der Waals surface area contributed by atoms with Gasteiger partial charge in [0.15, 0.2) is 0 Å². The zero-order valence-corrected chi connectivity index (χ0v) is 13.2. The molecule has 0 heterocycles. The quantitative estimate of drug-likeness (QED) is 0.331. The van der Waals surface area contributed by atoms with Crippen molar-refractivity contribution in [1.82, 2.24) is 0 Å². The maximum atomic E-state index is 11.7. The summed E-state index contributed by atoms with van der Waals surface area (Å²) in [6.45, 7) is 5.75. The Kier molecular flexibility index (Phi) is 11.3. The number of hydrogen-bond acceptors (Lipinski definition) is 6. The minimum atomic E-state index is -1.22. The van der Waals surface area contributed by atoms with Crippen LogP contribution in [-0.2, 0) is 28.6 Å². The molecule has 0 bridgehead atoms. The van der Waals surface area contributed by atoms with E-state index in [0.29, 0.717) is 6.42 Å². The van der Waals surface area contributed by atoms with E-state index >= 15 is 0 Å². The van der Waals surface area contributed by atoms with Crippen molar-refractivity contribution < 1.29 is 28.6 Å². The van der Waals surface area contributed by atoms with Gasteiger partial charge < -0.3 is 14.2 Å². The lowest BCUT2D eigenvalue weighted by Gasteiger charge is -2.15. The smallest absolute Gasteiger partial charge is 0.348 e. The first kappa shape index (κ1) is 19.4. The van der Waals surface area contributed by atoms with Crippen LogP contribution in [0.2, 0.25) is 0 Å². The molecule has 0 aromatic carbocycles. The van der Waals surface area contributed by atoms with Gasteiger partial charge in [-0.3, -0.25) is 9.59 Å². The van der Waals surface area contributed by atoms with E-state index in [1.54, 1.807) is 13.8 Å². The van der Waals surface area contributed by atoms with Crippen molar-refractivity contribution in [3.05, 3.63) is 0 Å². The van der Waals surface area contributed by atoms with Gasteiger partial charge in [-0.05, 0) is 20.3 Å². The summed E-state index contributed by atoms with van der Waals surface area (Å²) in [6.07, 6.45) is 2.48. The molecule has 0 aliphatic heterocycles. The Morgan fingerprint density at radius 1 is 0.857 bits per heavy atom. The van der Waals surface area contributed by atoms with Gasteiger partial charge in [-0.25, -0.2) is 4.79 Å². The molecule has 0 rings (SSSR count). The number of esters is 3. The van der Waals surface area contributed by atoms with Gasteiger partial charge in [0.2, 0.25) is 6.10 Å². The van der Waals surface area contributed by atoms with E-state index in [9.17, 15) is 14.4 Å². The zero-order valence-electron chi connectivity index (χ0n) is 13.2. The lowest BCUT2D eigenvalue weighted by molar-refractivity contribution is -0.171. The average molecular weight is 302 g/mol. The number of hydrogen-bond donors (Lipinski definition) is 0. The fourth-order valence-electron chi connectivity index (χ4n) is 1.69.